The Morgan fingerprint density at radius 2 is 1.77 bits per heavy atom. The third-order valence-corrected chi connectivity index (χ3v) is 1.88. The lowest BCUT2D eigenvalue weighted by molar-refractivity contribution is 0.100. The normalized spacial score (nSPS) is 8.62. The third-order valence-electron chi connectivity index (χ3n) is 1.35. The van der Waals surface area contributed by atoms with Crippen LogP contribution in [0.3, 0.4) is 0 Å². The van der Waals surface area contributed by atoms with Crippen LogP contribution >= 0.6 is 15.9 Å². The van der Waals surface area contributed by atoms with Crippen LogP contribution in [-0.2, 0) is 0 Å². The van der Waals surface area contributed by atoms with Gasteiger partial charge in [0, 0.05) is 10.0 Å². The molecule has 0 aliphatic carbocycles. The Balaban J connectivity index is 0.000000671. The van der Waals surface area contributed by atoms with E-state index in [2.05, 4.69) is 15.9 Å². The third kappa shape index (κ3) is 4.20. The van der Waals surface area contributed by atoms with E-state index in [1.54, 1.807) is 12.1 Å². The summed E-state index contributed by atoms with van der Waals surface area (Å²) in [5.41, 5.74) is 5.84. The van der Waals surface area contributed by atoms with Crippen LogP contribution < -0.4 is 5.73 Å². The van der Waals surface area contributed by atoms with Crippen LogP contribution in [0.25, 0.3) is 0 Å². The lowest BCUT2D eigenvalue weighted by Gasteiger charge is -1.96. The second kappa shape index (κ2) is 6.80. The molecule has 0 unspecified atom stereocenters. The van der Waals surface area contributed by atoms with Crippen LogP contribution in [0.15, 0.2) is 28.7 Å². The van der Waals surface area contributed by atoms with Crippen molar-refractivity contribution >= 4 is 21.7 Å². The largest absolute Gasteiger partial charge is 0.324 e. The summed E-state index contributed by atoms with van der Waals surface area (Å²) in [5, 5.41) is 0. The van der Waals surface area contributed by atoms with Crippen molar-refractivity contribution < 1.29 is 4.79 Å². The SMILES string of the molecule is CC.NCC(=O)c1ccc(Br)cc1. The Hall–Kier alpha value is -0.670. The van der Waals surface area contributed by atoms with Crippen LogP contribution in [0.2, 0.25) is 0 Å². The van der Waals surface area contributed by atoms with Gasteiger partial charge in [-0.05, 0) is 12.1 Å². The van der Waals surface area contributed by atoms with Crippen LogP contribution in [-0.4, -0.2) is 12.3 Å². The van der Waals surface area contributed by atoms with E-state index in [1.807, 2.05) is 26.0 Å². The molecule has 72 valence electrons. The van der Waals surface area contributed by atoms with Crippen molar-refractivity contribution in [3.8, 4) is 0 Å². The molecule has 2 nitrogen and oxygen atoms in total. The molecule has 0 bridgehead atoms. The van der Waals surface area contributed by atoms with Crippen molar-refractivity contribution in [2.24, 2.45) is 5.73 Å². The summed E-state index contributed by atoms with van der Waals surface area (Å²) in [6, 6.07) is 7.14. The van der Waals surface area contributed by atoms with Crippen LogP contribution in [0.5, 0.6) is 0 Å². The van der Waals surface area contributed by atoms with E-state index in [0.717, 1.165) is 4.47 Å². The Bertz CT molecular complexity index is 256. The molecule has 1 aromatic rings. The predicted molar refractivity (Wildman–Crippen MR) is 58.9 cm³/mol. The molecule has 0 saturated carbocycles. The Labute approximate surface area is 87.3 Å². The van der Waals surface area contributed by atoms with Gasteiger partial charge in [0.15, 0.2) is 5.78 Å². The first kappa shape index (κ1) is 12.3. The van der Waals surface area contributed by atoms with Gasteiger partial charge in [-0.2, -0.15) is 0 Å². The van der Waals surface area contributed by atoms with Crippen LogP contribution in [0.4, 0.5) is 0 Å². The quantitative estimate of drug-likeness (QED) is 0.812. The smallest absolute Gasteiger partial charge is 0.176 e. The lowest BCUT2D eigenvalue weighted by Crippen LogP contribution is -2.13. The van der Waals surface area contributed by atoms with Gasteiger partial charge in [0.1, 0.15) is 0 Å². The van der Waals surface area contributed by atoms with E-state index < -0.39 is 0 Å². The molecule has 0 fully saturated rings. The number of Topliss-reactive ketones (excluding diaryl/α,β-unsaturated/α-hetero) is 1. The maximum Gasteiger partial charge on any atom is 0.176 e. The topological polar surface area (TPSA) is 43.1 Å². The van der Waals surface area contributed by atoms with Crippen molar-refractivity contribution in [1.29, 1.82) is 0 Å². The number of hydrogen-bond acceptors (Lipinski definition) is 2. The van der Waals surface area contributed by atoms with E-state index in [4.69, 9.17) is 5.73 Å². The van der Waals surface area contributed by atoms with Gasteiger partial charge in [0.25, 0.3) is 0 Å². The van der Waals surface area contributed by atoms with Gasteiger partial charge in [-0.1, -0.05) is 41.9 Å². The molecular weight excluding hydrogens is 230 g/mol. The minimum atomic E-state index is -0.0301. The molecule has 0 heterocycles. The zero-order chi connectivity index (χ0) is 10.3. The molecule has 1 rings (SSSR count). The molecule has 0 radical (unpaired) electrons. The van der Waals surface area contributed by atoms with Crippen LogP contribution in [0.1, 0.15) is 24.2 Å². The minimum Gasteiger partial charge on any atom is -0.324 e. The average Bonchev–Trinajstić information content (AvgIpc) is 2.21. The fourth-order valence-corrected chi connectivity index (χ4v) is 1.02. The first-order chi connectivity index (χ1) is 6.24. The summed E-state index contributed by atoms with van der Waals surface area (Å²) in [7, 11) is 0. The predicted octanol–water partition coefficient (Wildman–Crippen LogP) is 2.62. The summed E-state index contributed by atoms with van der Waals surface area (Å²) >= 11 is 3.27. The monoisotopic (exact) mass is 243 g/mol. The first-order valence-electron chi connectivity index (χ1n) is 4.23. The maximum absolute atomic E-state index is 11.0. The maximum atomic E-state index is 11.0. The van der Waals surface area contributed by atoms with Crippen LogP contribution in [0, 0.1) is 0 Å². The molecule has 13 heavy (non-hydrogen) atoms. The minimum absolute atomic E-state index is 0.0301. The van der Waals surface area contributed by atoms with Gasteiger partial charge in [-0.3, -0.25) is 4.79 Å². The molecule has 0 aliphatic heterocycles. The molecule has 3 heteroatoms. The van der Waals surface area contributed by atoms with Gasteiger partial charge in [0.05, 0.1) is 6.54 Å². The number of nitrogens with two attached hydrogens (primary N) is 1. The number of carbonyl (C=O) groups is 1. The van der Waals surface area contributed by atoms with Gasteiger partial charge in [0.2, 0.25) is 0 Å². The standard InChI is InChI=1S/C8H8BrNO.C2H6/c9-7-3-1-6(2-4-7)8(11)5-10;1-2/h1-4H,5,10H2;1-2H3. The van der Waals surface area contributed by atoms with Crippen molar-refractivity contribution in [3.05, 3.63) is 34.3 Å². The summed E-state index contributed by atoms with van der Waals surface area (Å²) in [5.74, 6) is -0.0301. The first-order valence-corrected chi connectivity index (χ1v) is 5.02. The Kier molecular flexibility index (Phi) is 6.45. The van der Waals surface area contributed by atoms with Crippen molar-refractivity contribution in [1.82, 2.24) is 0 Å². The van der Waals surface area contributed by atoms with Gasteiger partial charge >= 0.3 is 0 Å². The number of rotatable bonds is 2. The number of benzene rings is 1. The molecular formula is C10H14BrNO. The highest BCUT2D eigenvalue weighted by molar-refractivity contribution is 9.10. The molecule has 0 aromatic heterocycles. The zero-order valence-corrected chi connectivity index (χ0v) is 9.47. The number of carbonyl (C=O) groups excluding carboxylic acids is 1. The van der Waals surface area contributed by atoms with E-state index in [-0.39, 0.29) is 12.3 Å². The van der Waals surface area contributed by atoms with E-state index in [9.17, 15) is 4.79 Å². The zero-order valence-electron chi connectivity index (χ0n) is 7.88. The molecule has 0 saturated heterocycles. The van der Waals surface area contributed by atoms with E-state index in [0.29, 0.717) is 5.56 Å². The van der Waals surface area contributed by atoms with Gasteiger partial charge < -0.3 is 5.73 Å². The Morgan fingerprint density at radius 3 is 2.15 bits per heavy atom. The molecule has 2 N–H and O–H groups in total. The van der Waals surface area contributed by atoms with Crippen molar-refractivity contribution in [2.75, 3.05) is 6.54 Å². The summed E-state index contributed by atoms with van der Waals surface area (Å²) in [6.07, 6.45) is 0. The number of halogens is 1. The fraction of sp³-hybridized carbons (Fsp3) is 0.300. The lowest BCUT2D eigenvalue weighted by atomic mass is 10.1. The second-order valence-corrected chi connectivity index (χ2v) is 3.05. The molecule has 0 amide bonds. The van der Waals surface area contributed by atoms with E-state index in [1.165, 1.54) is 0 Å². The fourth-order valence-electron chi connectivity index (χ4n) is 0.754. The molecule has 0 aliphatic rings. The second-order valence-electron chi connectivity index (χ2n) is 2.13. The highest BCUT2D eigenvalue weighted by Gasteiger charge is 2.00. The van der Waals surface area contributed by atoms with Crippen molar-refractivity contribution in [2.45, 2.75) is 13.8 Å². The molecule has 1 aromatic carbocycles. The Morgan fingerprint density at radius 1 is 1.31 bits per heavy atom. The van der Waals surface area contributed by atoms with Crippen molar-refractivity contribution in [3.63, 3.8) is 0 Å². The average molecular weight is 244 g/mol. The number of ketones is 1. The summed E-state index contributed by atoms with van der Waals surface area (Å²) < 4.78 is 0.964. The highest BCUT2D eigenvalue weighted by Crippen LogP contribution is 2.10. The van der Waals surface area contributed by atoms with Gasteiger partial charge in [-0.15, -0.1) is 0 Å². The van der Waals surface area contributed by atoms with Gasteiger partial charge in [-0.25, -0.2) is 0 Å². The van der Waals surface area contributed by atoms with E-state index >= 15 is 0 Å². The molecule has 0 atom stereocenters. The number of hydrogen-bond donors (Lipinski definition) is 1. The molecule has 0 spiro atoms. The summed E-state index contributed by atoms with van der Waals surface area (Å²) in [6.45, 7) is 4.07. The summed E-state index contributed by atoms with van der Waals surface area (Å²) in [4.78, 5) is 11.0. The highest BCUT2D eigenvalue weighted by atomic mass is 79.9.